The van der Waals surface area contributed by atoms with Gasteiger partial charge in [-0.1, -0.05) is 12.1 Å². The Hall–Kier alpha value is -3.53. The molecule has 0 fully saturated rings. The molecule has 2 atom stereocenters. The fourth-order valence-electron chi connectivity index (χ4n) is 3.67. The number of rotatable bonds is 6. The zero-order chi connectivity index (χ0) is 22.1. The summed E-state index contributed by atoms with van der Waals surface area (Å²) in [6.07, 6.45) is 2.75. The number of halogens is 1. The third-order valence-corrected chi connectivity index (χ3v) is 5.17. The van der Waals surface area contributed by atoms with Gasteiger partial charge in [-0.25, -0.2) is 9.37 Å². The molecule has 2 aromatic heterocycles. The van der Waals surface area contributed by atoms with Crippen LogP contribution in [0.25, 0.3) is 0 Å². The van der Waals surface area contributed by atoms with E-state index in [1.165, 1.54) is 12.1 Å². The van der Waals surface area contributed by atoms with E-state index >= 15 is 0 Å². The lowest BCUT2D eigenvalue weighted by Crippen LogP contribution is -2.52. The first-order valence-electron chi connectivity index (χ1n) is 9.92. The molecule has 0 saturated carbocycles. The summed E-state index contributed by atoms with van der Waals surface area (Å²) in [6, 6.07) is 5.69. The quantitative estimate of drug-likeness (QED) is 0.554. The van der Waals surface area contributed by atoms with E-state index < -0.39 is 12.1 Å². The van der Waals surface area contributed by atoms with Crippen LogP contribution in [-0.2, 0) is 17.9 Å². The van der Waals surface area contributed by atoms with E-state index in [1.807, 2.05) is 12.3 Å². The number of anilines is 3. The molecule has 1 amide bonds. The van der Waals surface area contributed by atoms with E-state index in [0.717, 1.165) is 11.1 Å². The van der Waals surface area contributed by atoms with Crippen molar-refractivity contribution >= 4 is 23.4 Å². The number of amides is 1. The van der Waals surface area contributed by atoms with Gasteiger partial charge < -0.3 is 20.6 Å². The molecule has 1 aromatic carbocycles. The van der Waals surface area contributed by atoms with Crippen LogP contribution >= 0.6 is 0 Å². The predicted molar refractivity (Wildman–Crippen MR) is 114 cm³/mol. The molecule has 31 heavy (non-hydrogen) atoms. The Morgan fingerprint density at radius 1 is 1.32 bits per heavy atom. The van der Waals surface area contributed by atoms with Gasteiger partial charge in [0.1, 0.15) is 17.5 Å². The number of nitrogens with zero attached hydrogens (tertiary/aromatic N) is 5. The Balaban J connectivity index is 1.47. The fraction of sp³-hybridized carbons (Fsp3) is 0.333. The maximum Gasteiger partial charge on any atom is 0.249 e. The Morgan fingerprint density at radius 3 is 2.87 bits per heavy atom. The van der Waals surface area contributed by atoms with Crippen molar-refractivity contribution in [1.29, 1.82) is 0 Å². The molecule has 0 radical (unpaired) electrons. The summed E-state index contributed by atoms with van der Waals surface area (Å²) in [7, 11) is 1.72. The van der Waals surface area contributed by atoms with E-state index in [4.69, 9.17) is 0 Å². The van der Waals surface area contributed by atoms with Crippen LogP contribution in [0.1, 0.15) is 23.7 Å². The second-order valence-electron chi connectivity index (χ2n) is 7.65. The van der Waals surface area contributed by atoms with Gasteiger partial charge in [0, 0.05) is 25.4 Å². The molecule has 0 spiro atoms. The maximum atomic E-state index is 13.4. The number of benzene rings is 1. The summed E-state index contributed by atoms with van der Waals surface area (Å²) in [5.41, 5.74) is 2.91. The third kappa shape index (κ3) is 4.33. The van der Waals surface area contributed by atoms with Crippen LogP contribution in [0.4, 0.5) is 21.8 Å². The van der Waals surface area contributed by atoms with Crippen molar-refractivity contribution in [2.75, 3.05) is 22.6 Å². The number of aryl methyl sites for hydroxylation is 1. The van der Waals surface area contributed by atoms with Crippen molar-refractivity contribution in [3.05, 3.63) is 59.3 Å². The summed E-state index contributed by atoms with van der Waals surface area (Å²) in [6.45, 7) is 4.27. The second-order valence-corrected chi connectivity index (χ2v) is 7.65. The highest BCUT2D eigenvalue weighted by molar-refractivity contribution is 6.03. The first kappa shape index (κ1) is 20.7. The topological polar surface area (TPSA) is 108 Å². The number of aliphatic hydroxyl groups excluding tert-OH is 1. The van der Waals surface area contributed by atoms with E-state index in [2.05, 4.69) is 25.7 Å². The Labute approximate surface area is 178 Å². The lowest BCUT2D eigenvalue weighted by atomic mass is 10.1. The van der Waals surface area contributed by atoms with Gasteiger partial charge in [0.15, 0.2) is 5.82 Å². The SMILES string of the molecule is Cc1nc(NCc2cnn(Cc3cccc(F)c3)c2)nc2c1NC(=O)C([C@@H](C)O)N2C. The average Bonchev–Trinajstić information content (AvgIpc) is 3.14. The Kier molecular flexibility index (Phi) is 5.55. The lowest BCUT2D eigenvalue weighted by Gasteiger charge is -2.36. The highest BCUT2D eigenvalue weighted by Gasteiger charge is 2.36. The smallest absolute Gasteiger partial charge is 0.249 e. The molecule has 0 saturated heterocycles. The highest BCUT2D eigenvalue weighted by Crippen LogP contribution is 2.33. The van der Waals surface area contributed by atoms with E-state index in [9.17, 15) is 14.3 Å². The molecule has 3 heterocycles. The number of carbonyl (C=O) groups excluding carboxylic acids is 1. The van der Waals surface area contributed by atoms with Crippen molar-refractivity contribution < 1.29 is 14.3 Å². The van der Waals surface area contributed by atoms with Gasteiger partial charge in [-0.2, -0.15) is 10.1 Å². The third-order valence-electron chi connectivity index (χ3n) is 5.17. The fourth-order valence-corrected chi connectivity index (χ4v) is 3.67. The van der Waals surface area contributed by atoms with Crippen molar-refractivity contribution in [3.8, 4) is 0 Å². The monoisotopic (exact) mass is 425 g/mol. The van der Waals surface area contributed by atoms with E-state index in [-0.39, 0.29) is 11.7 Å². The molecule has 1 unspecified atom stereocenters. The van der Waals surface area contributed by atoms with Gasteiger partial charge in [0.05, 0.1) is 24.5 Å². The molecule has 0 aliphatic carbocycles. The molecule has 9 nitrogen and oxygen atoms in total. The Bertz CT molecular complexity index is 1110. The first-order chi connectivity index (χ1) is 14.8. The zero-order valence-electron chi connectivity index (χ0n) is 17.5. The number of aliphatic hydroxyl groups is 1. The van der Waals surface area contributed by atoms with Crippen LogP contribution in [0.2, 0.25) is 0 Å². The normalized spacial score (nSPS) is 16.6. The van der Waals surface area contributed by atoms with Crippen LogP contribution in [0.3, 0.4) is 0 Å². The van der Waals surface area contributed by atoms with Crippen LogP contribution in [0.5, 0.6) is 0 Å². The summed E-state index contributed by atoms with van der Waals surface area (Å²) in [4.78, 5) is 22.9. The molecular formula is C21H24FN7O2. The van der Waals surface area contributed by atoms with Gasteiger partial charge in [0.25, 0.3) is 0 Å². The van der Waals surface area contributed by atoms with Crippen molar-refractivity contribution in [1.82, 2.24) is 19.7 Å². The summed E-state index contributed by atoms with van der Waals surface area (Å²) in [5.74, 6) is 0.386. The number of carbonyl (C=O) groups is 1. The number of hydrogen-bond donors (Lipinski definition) is 3. The molecule has 162 valence electrons. The van der Waals surface area contributed by atoms with Crippen molar-refractivity contribution in [2.45, 2.75) is 39.1 Å². The summed E-state index contributed by atoms with van der Waals surface area (Å²) in [5, 5.41) is 20.3. The van der Waals surface area contributed by atoms with Crippen molar-refractivity contribution in [2.24, 2.45) is 0 Å². The largest absolute Gasteiger partial charge is 0.391 e. The molecule has 1 aliphatic rings. The zero-order valence-corrected chi connectivity index (χ0v) is 17.5. The molecule has 10 heteroatoms. The van der Waals surface area contributed by atoms with Gasteiger partial charge in [-0.3, -0.25) is 9.48 Å². The summed E-state index contributed by atoms with van der Waals surface area (Å²) >= 11 is 0. The molecule has 4 rings (SSSR count). The second kappa shape index (κ2) is 8.31. The lowest BCUT2D eigenvalue weighted by molar-refractivity contribution is -0.119. The maximum absolute atomic E-state index is 13.4. The average molecular weight is 425 g/mol. The van der Waals surface area contributed by atoms with Gasteiger partial charge in [-0.05, 0) is 31.5 Å². The molecular weight excluding hydrogens is 401 g/mol. The number of likely N-dealkylation sites (N-methyl/N-ethyl adjacent to an activating group) is 1. The molecule has 0 bridgehead atoms. The molecule has 1 aliphatic heterocycles. The van der Waals surface area contributed by atoms with Gasteiger partial charge in [-0.15, -0.1) is 0 Å². The van der Waals surface area contributed by atoms with E-state index in [0.29, 0.717) is 36.2 Å². The first-order valence-corrected chi connectivity index (χ1v) is 9.92. The highest BCUT2D eigenvalue weighted by atomic mass is 19.1. The van der Waals surface area contributed by atoms with Crippen molar-refractivity contribution in [3.63, 3.8) is 0 Å². The van der Waals surface area contributed by atoms with Gasteiger partial charge in [0.2, 0.25) is 11.9 Å². The van der Waals surface area contributed by atoms with Crippen LogP contribution in [0, 0.1) is 12.7 Å². The van der Waals surface area contributed by atoms with Crippen LogP contribution < -0.4 is 15.5 Å². The minimum Gasteiger partial charge on any atom is -0.391 e. The van der Waals surface area contributed by atoms with Gasteiger partial charge >= 0.3 is 0 Å². The summed E-state index contributed by atoms with van der Waals surface area (Å²) < 4.78 is 15.1. The minimum absolute atomic E-state index is 0.273. The van der Waals surface area contributed by atoms with Crippen LogP contribution in [0.15, 0.2) is 36.7 Å². The number of hydrogen-bond acceptors (Lipinski definition) is 7. The Morgan fingerprint density at radius 2 is 2.13 bits per heavy atom. The predicted octanol–water partition coefficient (Wildman–Crippen LogP) is 1.92. The number of aromatic nitrogens is 4. The minimum atomic E-state index is -0.853. The number of fused-ring (bicyclic) bond motifs is 1. The standard InChI is InChI=1S/C21H24FN7O2/c1-12-17-19(28(3)18(13(2)30)20(31)26-17)27-21(25-12)23-8-15-9-24-29(11-15)10-14-5-4-6-16(22)7-14/h4-7,9,11,13,18,30H,8,10H2,1-3H3,(H,26,31)(H,23,25,27)/t13-,18?/m1/s1. The molecule has 3 aromatic rings. The molecule has 3 N–H and O–H groups in total. The number of nitrogens with one attached hydrogen (secondary N) is 2. The van der Waals surface area contributed by atoms with Crippen LogP contribution in [-0.4, -0.2) is 50.0 Å². The van der Waals surface area contributed by atoms with E-state index in [1.54, 1.807) is 42.7 Å².